The van der Waals surface area contributed by atoms with Crippen LogP contribution >= 0.6 is 0 Å². The molecule has 0 spiro atoms. The number of nitrogens with two attached hydrogens (primary N) is 1. The lowest BCUT2D eigenvalue weighted by Gasteiger charge is -2.09. The van der Waals surface area contributed by atoms with Crippen molar-refractivity contribution in [2.75, 3.05) is 0 Å². The summed E-state index contributed by atoms with van der Waals surface area (Å²) in [5.74, 6) is -1.76. The van der Waals surface area contributed by atoms with Crippen LogP contribution in [0, 0.1) is 0 Å². The molecule has 66 valence electrons. The van der Waals surface area contributed by atoms with E-state index in [4.69, 9.17) is 5.11 Å². The predicted molar refractivity (Wildman–Crippen MR) is 33.1 cm³/mol. The lowest BCUT2D eigenvalue weighted by Crippen LogP contribution is -2.36. The summed E-state index contributed by atoms with van der Waals surface area (Å²) < 4.78 is 0. The number of rotatable bonds is 1. The molecule has 0 aliphatic carbocycles. The van der Waals surface area contributed by atoms with E-state index in [1.807, 2.05) is 0 Å². The largest absolute Gasteiger partial charge is 0.429 e. The van der Waals surface area contributed by atoms with Crippen molar-refractivity contribution < 1.29 is 24.3 Å². The van der Waals surface area contributed by atoms with Crippen molar-refractivity contribution in [3.8, 4) is 0 Å². The topological polar surface area (TPSA) is 110 Å². The van der Waals surface area contributed by atoms with Crippen molar-refractivity contribution in [3.05, 3.63) is 0 Å². The first-order valence-electron chi connectivity index (χ1n) is 3.04. The first-order valence-corrected chi connectivity index (χ1v) is 3.04. The van der Waals surface area contributed by atoms with Gasteiger partial charge in [0.25, 0.3) is 11.8 Å². The van der Waals surface area contributed by atoms with E-state index in [1.165, 1.54) is 0 Å². The molecular weight excluding hydrogens is 168 g/mol. The van der Waals surface area contributed by atoms with Crippen molar-refractivity contribution in [2.45, 2.75) is 12.5 Å². The Hall–Kier alpha value is -1.63. The Morgan fingerprint density at radius 3 is 2.58 bits per heavy atom. The van der Waals surface area contributed by atoms with E-state index in [0.29, 0.717) is 0 Å². The van der Waals surface area contributed by atoms with E-state index in [2.05, 4.69) is 10.6 Å². The van der Waals surface area contributed by atoms with Gasteiger partial charge in [-0.2, -0.15) is 0 Å². The molecule has 0 aromatic carbocycles. The minimum atomic E-state index is -1.43. The minimum absolute atomic E-state index is 0.160. The van der Waals surface area contributed by atoms with E-state index in [9.17, 15) is 14.4 Å². The number of amides is 3. The summed E-state index contributed by atoms with van der Waals surface area (Å²) in [7, 11) is 0. The molecule has 0 radical (unpaired) electrons. The zero-order valence-corrected chi connectivity index (χ0v) is 5.89. The van der Waals surface area contributed by atoms with Gasteiger partial charge < -0.3 is 15.7 Å². The molecule has 0 bridgehead atoms. The van der Waals surface area contributed by atoms with Gasteiger partial charge in [0, 0.05) is 0 Å². The van der Waals surface area contributed by atoms with Crippen LogP contribution in [0.1, 0.15) is 6.42 Å². The highest BCUT2D eigenvalue weighted by molar-refractivity contribution is 6.04. The molecule has 0 saturated carbocycles. The fraction of sp³-hybridized carbons (Fsp3) is 0.400. The van der Waals surface area contributed by atoms with Crippen molar-refractivity contribution in [1.29, 1.82) is 0 Å². The smallest absolute Gasteiger partial charge is 0.383 e. The van der Waals surface area contributed by atoms with Crippen LogP contribution in [-0.2, 0) is 14.4 Å². The summed E-state index contributed by atoms with van der Waals surface area (Å²) in [6.07, 6.45) is -3.09. The minimum Gasteiger partial charge on any atom is -0.383 e. The average molecular weight is 174 g/mol. The van der Waals surface area contributed by atoms with Crippen molar-refractivity contribution in [2.24, 2.45) is 5.73 Å². The molecule has 7 heteroatoms. The monoisotopic (exact) mass is 174 g/mol. The Kier molecular flexibility index (Phi) is 1.96. The molecule has 7 nitrogen and oxygen atoms in total. The van der Waals surface area contributed by atoms with E-state index in [1.54, 1.807) is 0 Å². The number of aliphatic hydroxyl groups is 1. The molecule has 1 fully saturated rings. The second-order valence-corrected chi connectivity index (χ2v) is 2.16. The number of carbonyl (C=O) groups is 3. The molecule has 1 rings (SSSR count). The highest BCUT2D eigenvalue weighted by Gasteiger charge is 2.40. The first kappa shape index (κ1) is 8.47. The molecule has 3 amide bonds. The van der Waals surface area contributed by atoms with Gasteiger partial charge in [-0.15, -0.1) is 0 Å². The molecule has 12 heavy (non-hydrogen) atoms. The Bertz CT molecular complexity index is 250. The lowest BCUT2D eigenvalue weighted by atomic mass is 10.3. The Labute approximate surface area is 66.6 Å². The molecule has 0 aromatic rings. The van der Waals surface area contributed by atoms with Crippen LogP contribution in [-0.4, -0.2) is 34.2 Å². The third kappa shape index (κ3) is 1.35. The van der Waals surface area contributed by atoms with E-state index in [-0.39, 0.29) is 11.5 Å². The third-order valence-corrected chi connectivity index (χ3v) is 1.26. The fourth-order valence-electron chi connectivity index (χ4n) is 0.780. The SMILES string of the molecule is NC(=O)ON1C(=O)CC(O)C1=O. The van der Waals surface area contributed by atoms with Crippen LogP contribution in [0.25, 0.3) is 0 Å². The molecule has 3 N–H and O–H groups in total. The number of imide groups is 1. The molecule has 1 heterocycles. The fourth-order valence-corrected chi connectivity index (χ4v) is 0.780. The number of hydrogen-bond acceptors (Lipinski definition) is 5. The maximum Gasteiger partial charge on any atom is 0.429 e. The molecule has 1 saturated heterocycles. The van der Waals surface area contributed by atoms with Crippen LogP contribution in [0.15, 0.2) is 0 Å². The molecular formula is C5H6N2O5. The average Bonchev–Trinajstić information content (AvgIpc) is 2.16. The van der Waals surface area contributed by atoms with Gasteiger partial charge in [0.1, 0.15) is 6.10 Å². The molecule has 0 aromatic heterocycles. The van der Waals surface area contributed by atoms with Crippen molar-refractivity contribution in [1.82, 2.24) is 5.06 Å². The van der Waals surface area contributed by atoms with Gasteiger partial charge in [-0.05, 0) is 0 Å². The van der Waals surface area contributed by atoms with Crippen LogP contribution in [0.4, 0.5) is 4.79 Å². The number of primary amides is 1. The summed E-state index contributed by atoms with van der Waals surface area (Å²) in [6.45, 7) is 0. The van der Waals surface area contributed by atoms with Crippen molar-refractivity contribution >= 4 is 17.9 Å². The van der Waals surface area contributed by atoms with Gasteiger partial charge >= 0.3 is 6.09 Å². The van der Waals surface area contributed by atoms with Gasteiger partial charge in [-0.3, -0.25) is 9.59 Å². The van der Waals surface area contributed by atoms with Gasteiger partial charge in [-0.1, -0.05) is 5.06 Å². The Balaban J connectivity index is 2.70. The van der Waals surface area contributed by atoms with Crippen molar-refractivity contribution in [3.63, 3.8) is 0 Å². The third-order valence-electron chi connectivity index (χ3n) is 1.26. The lowest BCUT2D eigenvalue weighted by molar-refractivity contribution is -0.173. The summed E-state index contributed by atoms with van der Waals surface area (Å²) in [4.78, 5) is 35.7. The summed E-state index contributed by atoms with van der Waals surface area (Å²) in [5, 5.41) is 8.97. The van der Waals surface area contributed by atoms with E-state index in [0.717, 1.165) is 0 Å². The predicted octanol–water partition coefficient (Wildman–Crippen LogP) is -1.88. The van der Waals surface area contributed by atoms with Gasteiger partial charge in [0.05, 0.1) is 6.42 Å². The highest BCUT2D eigenvalue weighted by atomic mass is 16.7. The number of hydrogen-bond donors (Lipinski definition) is 2. The zero-order chi connectivity index (χ0) is 9.30. The van der Waals surface area contributed by atoms with Crippen LogP contribution in [0.5, 0.6) is 0 Å². The summed E-state index contributed by atoms with van der Waals surface area (Å²) in [5.41, 5.74) is 4.55. The van der Waals surface area contributed by atoms with Gasteiger partial charge in [0.15, 0.2) is 0 Å². The number of nitrogens with zero attached hydrogens (tertiary/aromatic N) is 1. The molecule has 1 atom stereocenters. The van der Waals surface area contributed by atoms with Gasteiger partial charge in [0.2, 0.25) is 0 Å². The number of hydroxylamine groups is 2. The summed E-state index contributed by atoms with van der Waals surface area (Å²) in [6, 6.07) is 0. The maximum atomic E-state index is 10.8. The van der Waals surface area contributed by atoms with Crippen LogP contribution < -0.4 is 5.73 Å². The standard InChI is InChI=1S/C5H6N2O5/c6-5(11)12-7-3(9)1-2(8)4(7)10/h2,8H,1H2,(H2,6,11). The van der Waals surface area contributed by atoms with Gasteiger partial charge in [-0.25, -0.2) is 4.79 Å². The summed E-state index contributed by atoms with van der Waals surface area (Å²) >= 11 is 0. The molecule has 1 aliphatic heterocycles. The van der Waals surface area contributed by atoms with E-state index < -0.39 is 24.0 Å². The number of carbonyl (C=O) groups excluding carboxylic acids is 3. The van der Waals surface area contributed by atoms with Crippen LogP contribution in [0.2, 0.25) is 0 Å². The molecule has 1 unspecified atom stereocenters. The Morgan fingerprint density at radius 2 is 2.25 bits per heavy atom. The zero-order valence-electron chi connectivity index (χ0n) is 5.89. The second-order valence-electron chi connectivity index (χ2n) is 2.16. The quantitative estimate of drug-likeness (QED) is 0.452. The van der Waals surface area contributed by atoms with Crippen LogP contribution in [0.3, 0.4) is 0 Å². The highest BCUT2D eigenvalue weighted by Crippen LogP contribution is 2.12. The Morgan fingerprint density at radius 1 is 1.67 bits per heavy atom. The number of aliphatic hydroxyl groups excluding tert-OH is 1. The first-order chi connectivity index (χ1) is 5.52. The normalized spacial score (nSPS) is 23.1. The second kappa shape index (κ2) is 2.78. The molecule has 1 aliphatic rings. The van der Waals surface area contributed by atoms with E-state index >= 15 is 0 Å². The maximum absolute atomic E-state index is 10.8.